The normalized spacial score (nSPS) is 42.1. The summed E-state index contributed by atoms with van der Waals surface area (Å²) >= 11 is 0. The molecule has 3 unspecified atom stereocenters. The summed E-state index contributed by atoms with van der Waals surface area (Å²) in [4.78, 5) is 0. The van der Waals surface area contributed by atoms with E-state index in [1.54, 1.807) is 20.8 Å². The van der Waals surface area contributed by atoms with Crippen molar-refractivity contribution in [3.63, 3.8) is 0 Å². The lowest BCUT2D eigenvalue weighted by molar-refractivity contribution is -0.339. The van der Waals surface area contributed by atoms with Gasteiger partial charge in [-0.1, -0.05) is 6.92 Å². The number of aliphatic hydroxyl groups excluding tert-OH is 16. The summed E-state index contributed by atoms with van der Waals surface area (Å²) in [7, 11) is 4.21. The van der Waals surface area contributed by atoms with E-state index in [2.05, 4.69) is 38.8 Å². The molecule has 0 aliphatic carbocycles. The van der Waals surface area contributed by atoms with Gasteiger partial charge in [0.05, 0.1) is 44.7 Å². The van der Waals surface area contributed by atoms with E-state index in [-0.39, 0.29) is 13.2 Å². The molecule has 6 saturated heterocycles. The molecule has 0 amide bonds. The fraction of sp³-hybridized carbons (Fsp3) is 1.00. The molecular formula is C56H113N7O28. The lowest BCUT2D eigenvalue weighted by Crippen LogP contribution is -2.65. The Morgan fingerprint density at radius 1 is 0.330 bits per heavy atom. The Morgan fingerprint density at radius 2 is 0.615 bits per heavy atom. The molecule has 6 fully saturated rings. The Bertz CT molecular complexity index is 1800. The number of methoxy groups -OCH3 is 3. The van der Waals surface area contributed by atoms with Crippen LogP contribution >= 0.6 is 0 Å². The summed E-state index contributed by atoms with van der Waals surface area (Å²) in [6.07, 6.45) is -31.0. The van der Waals surface area contributed by atoms with Crippen LogP contribution in [0, 0.1) is 0 Å². The first-order valence-corrected chi connectivity index (χ1v) is 31.6. The SMILES string of the molecule is CCCNCCCNC[C@H]1O[C@H](OC2[C@@H](CO)O[C@H](C)[C@H](O)[C@H]2O)[C@H](O)[C@@H](O)[C@@H]1OC.CO[C@H]1[C@H](O)[C@@H](O)[C@@H](OC2[C@@H](CO)O[C@H](C)[C@H](O)[C@H]2O)O[C@@H]1CNCCNCCN.CO[C@H]1[C@H](O)[C@@H](O)[C@@H](OC2[C@@H](CO)O[C@H](C)[C@H](O)[C@H]2O)O[C@@H]1CNCCNCCO. The Labute approximate surface area is 531 Å². The number of nitrogens with two attached hydrogens (primary N) is 1. The van der Waals surface area contributed by atoms with Crippen molar-refractivity contribution in [1.82, 2.24) is 31.9 Å². The predicted octanol–water partition coefficient (Wildman–Crippen LogP) is -11.7. The molecule has 0 saturated carbocycles. The topological polar surface area (TPSA) is 533 Å². The van der Waals surface area contributed by atoms with E-state index >= 15 is 0 Å². The third kappa shape index (κ3) is 23.7. The zero-order valence-electron chi connectivity index (χ0n) is 53.4. The lowest BCUT2D eigenvalue weighted by atomic mass is 9.95. The van der Waals surface area contributed by atoms with Gasteiger partial charge in [-0.15, -0.1) is 0 Å². The fourth-order valence-electron chi connectivity index (χ4n) is 11.4. The molecule has 30 atom stereocenters. The molecule has 0 aromatic carbocycles. The van der Waals surface area contributed by atoms with Crippen molar-refractivity contribution >= 4 is 0 Å². The van der Waals surface area contributed by atoms with Crippen LogP contribution in [0.4, 0.5) is 0 Å². The van der Waals surface area contributed by atoms with E-state index in [1.165, 1.54) is 21.3 Å². The Kier molecular flexibility index (Phi) is 38.8. The molecule has 0 radical (unpaired) electrons. The van der Waals surface area contributed by atoms with E-state index < -0.39 is 203 Å². The molecule has 91 heavy (non-hydrogen) atoms. The van der Waals surface area contributed by atoms with Crippen molar-refractivity contribution in [2.75, 3.05) is 133 Å². The average Bonchev–Trinajstić information content (AvgIpc) is 0.889. The molecule has 0 aromatic heterocycles. The van der Waals surface area contributed by atoms with Crippen molar-refractivity contribution in [3.05, 3.63) is 0 Å². The van der Waals surface area contributed by atoms with Gasteiger partial charge in [0.25, 0.3) is 0 Å². The smallest absolute Gasteiger partial charge is 0.187 e. The number of aliphatic hydroxyl groups is 16. The van der Waals surface area contributed by atoms with Gasteiger partial charge in [0.2, 0.25) is 0 Å². The van der Waals surface area contributed by atoms with Gasteiger partial charge in [0, 0.05) is 86.8 Å². The summed E-state index contributed by atoms with van der Waals surface area (Å²) < 4.78 is 66.9. The maximum absolute atomic E-state index is 10.5. The van der Waals surface area contributed by atoms with Crippen LogP contribution in [0.1, 0.15) is 40.5 Å². The summed E-state index contributed by atoms with van der Waals surface area (Å²) in [5.41, 5.74) is 5.42. The predicted molar refractivity (Wildman–Crippen MR) is 318 cm³/mol. The second kappa shape index (κ2) is 43.1. The fourth-order valence-corrected chi connectivity index (χ4v) is 11.4. The van der Waals surface area contributed by atoms with E-state index in [4.69, 9.17) is 67.7 Å². The molecule has 24 N–H and O–H groups in total. The average molecular weight is 1330 g/mol. The highest BCUT2D eigenvalue weighted by molar-refractivity contribution is 4.99. The Balaban J connectivity index is 0.000000291. The van der Waals surface area contributed by atoms with Gasteiger partial charge < -0.3 is 176 Å². The molecular weight excluding hydrogens is 1220 g/mol. The van der Waals surface area contributed by atoms with Crippen molar-refractivity contribution in [2.45, 2.75) is 224 Å². The molecule has 0 bridgehead atoms. The van der Waals surface area contributed by atoms with Gasteiger partial charge in [0.1, 0.15) is 146 Å². The lowest BCUT2D eigenvalue weighted by Gasteiger charge is -2.46. The Hall–Kier alpha value is -1.40. The van der Waals surface area contributed by atoms with Gasteiger partial charge in [-0.2, -0.15) is 0 Å². The van der Waals surface area contributed by atoms with Gasteiger partial charge in [-0.05, 0) is 53.2 Å². The summed E-state index contributed by atoms with van der Waals surface area (Å²) in [5, 5.41) is 181. The highest BCUT2D eigenvalue weighted by Gasteiger charge is 2.54. The number of hydrogen-bond donors (Lipinski definition) is 23. The van der Waals surface area contributed by atoms with Crippen LogP contribution in [-0.2, 0) is 56.8 Å². The van der Waals surface area contributed by atoms with Crippen LogP contribution in [0.2, 0.25) is 0 Å². The Morgan fingerprint density at radius 3 is 0.912 bits per heavy atom. The maximum atomic E-state index is 10.5. The minimum atomic E-state index is -1.49. The monoisotopic (exact) mass is 1330 g/mol. The third-order valence-corrected chi connectivity index (χ3v) is 16.7. The standard InChI is InChI=1S/C20H40N2O9.C18H37N3O9.C18H36N2O10/c1-4-6-21-7-5-8-22-9-12-18(28-3)16(26)17(27)20(30-12)31-19-13(10-23)29-11(2)14(24)15(19)25;1-9-12(23)13(24)17(11(8-22)28-9)30-18-15(26)14(25)16(27-2)10(29-18)7-21-6-5-20-4-3-19;1-9-12(23)13(24)17(11(8-22)28-9)30-18-15(26)14(25)16(27-2)10(29-18)7-20-4-3-19-5-6-21/h11-27H,4-10H2,1-3H3;9-18,20-26H,3-8,19H2,1-2H3;9-26H,3-8H2,1-2H3/t11-,12-,13-,14+,15-,16-,17-,18-,19?,20-;2*9-,10-,11-,12+,13-,14-,15-,16-,17?,18-/m111/s1. The minimum absolute atomic E-state index is 0.0413. The molecule has 6 heterocycles. The number of rotatable bonds is 34. The number of nitrogens with one attached hydrogen (secondary N) is 6. The summed E-state index contributed by atoms with van der Waals surface area (Å²) in [6.45, 7) is 13.2. The largest absolute Gasteiger partial charge is 0.395 e. The first-order chi connectivity index (χ1) is 43.5. The zero-order chi connectivity index (χ0) is 67.5. The molecule has 540 valence electrons. The van der Waals surface area contributed by atoms with Crippen LogP contribution in [0.25, 0.3) is 0 Å². The molecule has 35 nitrogen and oxygen atoms in total. The second-order valence-electron chi connectivity index (χ2n) is 23.3. The van der Waals surface area contributed by atoms with E-state index in [0.29, 0.717) is 58.9 Å². The quantitative estimate of drug-likeness (QED) is 0.0266. The van der Waals surface area contributed by atoms with Crippen LogP contribution in [-0.4, -0.2) is 398 Å². The van der Waals surface area contributed by atoms with Crippen LogP contribution < -0.4 is 37.6 Å². The second-order valence-corrected chi connectivity index (χ2v) is 23.3. The van der Waals surface area contributed by atoms with Crippen molar-refractivity contribution in [2.24, 2.45) is 5.73 Å². The van der Waals surface area contributed by atoms with E-state index in [9.17, 15) is 76.6 Å². The van der Waals surface area contributed by atoms with Gasteiger partial charge in [0.15, 0.2) is 18.9 Å². The van der Waals surface area contributed by atoms with Gasteiger partial charge >= 0.3 is 0 Å². The highest BCUT2D eigenvalue weighted by atomic mass is 16.7. The molecule has 6 aliphatic rings. The first-order valence-electron chi connectivity index (χ1n) is 31.6. The molecule has 0 aromatic rings. The molecule has 6 aliphatic heterocycles. The van der Waals surface area contributed by atoms with Crippen molar-refractivity contribution in [1.29, 1.82) is 0 Å². The summed E-state index contributed by atoms with van der Waals surface area (Å²) in [5.74, 6) is 0. The van der Waals surface area contributed by atoms with Crippen LogP contribution in [0.3, 0.4) is 0 Å². The van der Waals surface area contributed by atoms with Crippen molar-refractivity contribution in [3.8, 4) is 0 Å². The van der Waals surface area contributed by atoms with Crippen LogP contribution in [0.15, 0.2) is 0 Å². The molecule has 6 rings (SSSR count). The highest BCUT2D eigenvalue weighted by Crippen LogP contribution is 2.33. The van der Waals surface area contributed by atoms with E-state index in [0.717, 1.165) is 32.5 Å². The van der Waals surface area contributed by atoms with Crippen molar-refractivity contribution < 1.29 is 139 Å². The summed E-state index contributed by atoms with van der Waals surface area (Å²) in [6, 6.07) is 0. The number of hydrogen-bond acceptors (Lipinski definition) is 35. The van der Waals surface area contributed by atoms with Gasteiger partial charge in [-0.3, -0.25) is 0 Å². The van der Waals surface area contributed by atoms with Crippen LogP contribution in [0.5, 0.6) is 0 Å². The molecule has 0 spiro atoms. The first kappa shape index (κ1) is 82.0. The zero-order valence-corrected chi connectivity index (χ0v) is 53.4. The maximum Gasteiger partial charge on any atom is 0.187 e. The van der Waals surface area contributed by atoms with Gasteiger partial charge in [-0.25, -0.2) is 0 Å². The minimum Gasteiger partial charge on any atom is -0.395 e. The molecule has 35 heteroatoms. The third-order valence-electron chi connectivity index (χ3n) is 16.7. The number of ether oxygens (including phenoxy) is 12. The van der Waals surface area contributed by atoms with E-state index in [1.807, 2.05) is 0 Å².